The van der Waals surface area contributed by atoms with Crippen molar-refractivity contribution in [2.24, 2.45) is 0 Å². The highest BCUT2D eigenvalue weighted by Gasteiger charge is 2.28. The highest BCUT2D eigenvalue weighted by atomic mass is 35.5. The number of rotatable bonds is 3. The molecule has 8 heteroatoms. The average Bonchev–Trinajstić information content (AvgIpc) is 3.12. The summed E-state index contributed by atoms with van der Waals surface area (Å²) in [7, 11) is -3.42. The molecule has 120 valence electrons. The zero-order valence-electron chi connectivity index (χ0n) is 12.0. The van der Waals surface area contributed by atoms with Crippen LogP contribution in [-0.4, -0.2) is 18.6 Å². The molecule has 1 aliphatic rings. The molecule has 2 heterocycles. The molecule has 0 aliphatic carbocycles. The molecule has 0 fully saturated rings. The van der Waals surface area contributed by atoms with E-state index >= 15 is 0 Å². The first kappa shape index (κ1) is 15.4. The molecule has 2 aromatic carbocycles. The average molecular weight is 377 g/mol. The summed E-state index contributed by atoms with van der Waals surface area (Å²) < 4.78 is 29.9. The van der Waals surface area contributed by atoms with Crippen LogP contribution in [0.1, 0.15) is 5.56 Å². The van der Waals surface area contributed by atoms with Crippen LogP contribution in [0, 0.1) is 0 Å². The predicted molar refractivity (Wildman–Crippen MR) is 92.2 cm³/mol. The van der Waals surface area contributed by atoms with E-state index in [1.165, 1.54) is 5.41 Å². The second kappa shape index (κ2) is 5.77. The van der Waals surface area contributed by atoms with Crippen LogP contribution >= 0.6 is 23.4 Å². The quantitative estimate of drug-likeness (QED) is 0.679. The van der Waals surface area contributed by atoms with E-state index in [1.807, 2.05) is 12.1 Å². The monoisotopic (exact) mass is 376 g/mol. The molecular weight excluding hydrogens is 368 g/mol. The molecule has 0 saturated carbocycles. The Labute approximate surface area is 147 Å². The lowest BCUT2D eigenvalue weighted by atomic mass is 10.2. The second-order valence-electron chi connectivity index (χ2n) is 4.98. The van der Waals surface area contributed by atoms with Gasteiger partial charge in [0.05, 0.1) is 20.9 Å². The molecule has 1 aromatic heterocycles. The normalized spacial score (nSPS) is 15.1. The van der Waals surface area contributed by atoms with Crippen molar-refractivity contribution in [2.75, 3.05) is 0 Å². The molecule has 0 bridgehead atoms. The third-order valence-corrected chi connectivity index (χ3v) is 6.32. The largest absolute Gasteiger partial charge is 0.411 e. The Bertz CT molecular complexity index is 1070. The summed E-state index contributed by atoms with van der Waals surface area (Å²) in [4.78, 5) is 0.846. The number of benzene rings is 2. The highest BCUT2D eigenvalue weighted by Crippen LogP contribution is 2.43. The SMILES string of the molecule is O=S1(=O)C=C(Sc2nnc(-c3ccccc3Cl)o2)c2ccccc21. The molecule has 0 spiro atoms. The molecular formula is C16H9ClN2O3S2. The van der Waals surface area contributed by atoms with Crippen LogP contribution in [0.5, 0.6) is 0 Å². The minimum atomic E-state index is -3.42. The molecule has 0 unspecified atom stereocenters. The van der Waals surface area contributed by atoms with E-state index in [0.717, 1.165) is 11.8 Å². The molecule has 0 N–H and O–H groups in total. The smallest absolute Gasteiger partial charge is 0.281 e. The van der Waals surface area contributed by atoms with Crippen molar-refractivity contribution in [1.29, 1.82) is 0 Å². The summed E-state index contributed by atoms with van der Waals surface area (Å²) >= 11 is 7.23. The molecule has 24 heavy (non-hydrogen) atoms. The van der Waals surface area contributed by atoms with Crippen LogP contribution in [0.3, 0.4) is 0 Å². The Morgan fingerprint density at radius 3 is 2.46 bits per heavy atom. The number of aromatic nitrogens is 2. The Kier molecular flexibility index (Phi) is 3.71. The molecule has 0 radical (unpaired) electrons. The molecule has 3 aromatic rings. The van der Waals surface area contributed by atoms with Gasteiger partial charge in [-0.15, -0.1) is 10.2 Å². The van der Waals surface area contributed by atoms with Crippen molar-refractivity contribution >= 4 is 38.1 Å². The van der Waals surface area contributed by atoms with Gasteiger partial charge in [-0.3, -0.25) is 0 Å². The predicted octanol–water partition coefficient (Wildman–Crippen LogP) is 4.27. The molecule has 0 amide bonds. The fourth-order valence-electron chi connectivity index (χ4n) is 2.35. The molecule has 5 nitrogen and oxygen atoms in total. The lowest BCUT2D eigenvalue weighted by Gasteiger charge is -2.00. The van der Waals surface area contributed by atoms with E-state index in [1.54, 1.807) is 36.4 Å². The fraction of sp³-hybridized carbons (Fsp3) is 0. The summed E-state index contributed by atoms with van der Waals surface area (Å²) in [5.41, 5.74) is 1.27. The zero-order chi connectivity index (χ0) is 16.7. The minimum Gasteiger partial charge on any atom is -0.411 e. The second-order valence-corrected chi connectivity index (χ2v) is 8.14. The molecule has 1 aliphatic heterocycles. The van der Waals surface area contributed by atoms with Gasteiger partial charge in [-0.05, 0) is 30.0 Å². The van der Waals surface area contributed by atoms with Crippen LogP contribution in [0.15, 0.2) is 68.5 Å². The third kappa shape index (κ3) is 2.64. The highest BCUT2D eigenvalue weighted by molar-refractivity contribution is 8.09. The van der Waals surface area contributed by atoms with Gasteiger partial charge in [-0.2, -0.15) is 0 Å². The van der Waals surface area contributed by atoms with Crippen molar-refractivity contribution < 1.29 is 12.8 Å². The van der Waals surface area contributed by atoms with Gasteiger partial charge >= 0.3 is 0 Å². The van der Waals surface area contributed by atoms with Gasteiger partial charge in [-0.1, -0.05) is 41.9 Å². The number of fused-ring (bicyclic) bond motifs is 1. The van der Waals surface area contributed by atoms with Gasteiger partial charge in [0.1, 0.15) is 0 Å². The van der Waals surface area contributed by atoms with Gasteiger partial charge < -0.3 is 4.42 Å². The van der Waals surface area contributed by atoms with E-state index in [-0.39, 0.29) is 11.1 Å². The van der Waals surface area contributed by atoms with E-state index in [2.05, 4.69) is 10.2 Å². The van der Waals surface area contributed by atoms with Gasteiger partial charge in [0, 0.05) is 10.5 Å². The third-order valence-electron chi connectivity index (χ3n) is 3.43. The Morgan fingerprint density at radius 2 is 1.67 bits per heavy atom. The van der Waals surface area contributed by atoms with Gasteiger partial charge in [0.15, 0.2) is 0 Å². The number of nitrogens with zero attached hydrogens (tertiary/aromatic N) is 2. The maximum absolute atomic E-state index is 12.2. The van der Waals surface area contributed by atoms with E-state index < -0.39 is 9.84 Å². The van der Waals surface area contributed by atoms with Crippen LogP contribution in [0.25, 0.3) is 16.4 Å². The van der Waals surface area contributed by atoms with Gasteiger partial charge in [-0.25, -0.2) is 8.42 Å². The maximum Gasteiger partial charge on any atom is 0.281 e. The first-order chi connectivity index (χ1) is 11.5. The fourth-order valence-corrected chi connectivity index (χ4v) is 5.17. The number of hydrogen-bond acceptors (Lipinski definition) is 6. The van der Waals surface area contributed by atoms with E-state index in [0.29, 0.717) is 26.0 Å². The molecule has 0 saturated heterocycles. The first-order valence-electron chi connectivity index (χ1n) is 6.87. The van der Waals surface area contributed by atoms with Crippen LogP contribution in [-0.2, 0) is 9.84 Å². The number of sulfone groups is 1. The summed E-state index contributed by atoms with van der Waals surface area (Å²) in [6.07, 6.45) is 0. The molecule has 0 atom stereocenters. The number of thioether (sulfide) groups is 1. The standard InChI is InChI=1S/C16H9ClN2O3S2/c17-12-7-3-1-5-10(12)15-18-19-16(22-15)23-13-9-24(20,21)14-8-4-2-6-11(13)14/h1-9H. The van der Waals surface area contributed by atoms with Crippen molar-refractivity contribution in [2.45, 2.75) is 10.1 Å². The van der Waals surface area contributed by atoms with Crippen LogP contribution in [0.2, 0.25) is 5.02 Å². The molecule has 4 rings (SSSR count). The summed E-state index contributed by atoms with van der Waals surface area (Å²) in [5.74, 6) is 0.290. The summed E-state index contributed by atoms with van der Waals surface area (Å²) in [6, 6.07) is 14.0. The summed E-state index contributed by atoms with van der Waals surface area (Å²) in [5, 5.41) is 9.93. The maximum atomic E-state index is 12.2. The lowest BCUT2D eigenvalue weighted by molar-refractivity contribution is 0.467. The summed E-state index contributed by atoms with van der Waals surface area (Å²) in [6.45, 7) is 0. The van der Waals surface area contributed by atoms with Gasteiger partial charge in [0.2, 0.25) is 15.7 Å². The minimum absolute atomic E-state index is 0.253. The van der Waals surface area contributed by atoms with Crippen LogP contribution in [0.4, 0.5) is 0 Å². The first-order valence-corrected chi connectivity index (χ1v) is 9.61. The topological polar surface area (TPSA) is 73.1 Å². The van der Waals surface area contributed by atoms with E-state index in [4.69, 9.17) is 16.0 Å². The zero-order valence-corrected chi connectivity index (χ0v) is 14.4. The Balaban J connectivity index is 1.68. The van der Waals surface area contributed by atoms with Crippen molar-refractivity contribution in [3.8, 4) is 11.5 Å². The number of hydrogen-bond donors (Lipinski definition) is 0. The van der Waals surface area contributed by atoms with Crippen molar-refractivity contribution in [3.05, 3.63) is 64.5 Å². The van der Waals surface area contributed by atoms with Crippen molar-refractivity contribution in [3.63, 3.8) is 0 Å². The van der Waals surface area contributed by atoms with Crippen LogP contribution < -0.4 is 0 Å². The van der Waals surface area contributed by atoms with E-state index in [9.17, 15) is 8.42 Å². The van der Waals surface area contributed by atoms with Gasteiger partial charge in [0.25, 0.3) is 5.22 Å². The lowest BCUT2D eigenvalue weighted by Crippen LogP contribution is -1.91. The van der Waals surface area contributed by atoms with Crippen molar-refractivity contribution in [1.82, 2.24) is 10.2 Å². The Hall–Kier alpha value is -2.09. The number of halogens is 1. The Morgan fingerprint density at radius 1 is 0.958 bits per heavy atom.